The van der Waals surface area contributed by atoms with Crippen LogP contribution in [0.2, 0.25) is 0 Å². The molecule has 1 heterocycles. The molecule has 2 aromatic carbocycles. The van der Waals surface area contributed by atoms with Gasteiger partial charge in [-0.15, -0.1) is 0 Å². The molecule has 0 saturated heterocycles. The third-order valence-corrected chi connectivity index (χ3v) is 3.15. The van der Waals surface area contributed by atoms with Crippen LogP contribution in [0.4, 0.5) is 21.6 Å². The van der Waals surface area contributed by atoms with Crippen molar-refractivity contribution in [3.8, 4) is 0 Å². The van der Waals surface area contributed by atoms with Crippen LogP contribution in [0.15, 0.2) is 72.9 Å². The van der Waals surface area contributed by atoms with Crippen molar-refractivity contribution >= 4 is 23.1 Å². The van der Waals surface area contributed by atoms with Gasteiger partial charge in [-0.1, -0.05) is 24.3 Å². The molecule has 1 amide bonds. The van der Waals surface area contributed by atoms with Gasteiger partial charge >= 0.3 is 0 Å². The third-order valence-electron chi connectivity index (χ3n) is 3.15. The molecular weight excluding hydrogens is 293 g/mol. The Hall–Kier alpha value is -3.21. The van der Waals surface area contributed by atoms with Crippen LogP contribution in [0.5, 0.6) is 0 Å². The van der Waals surface area contributed by atoms with E-state index in [1.54, 1.807) is 24.4 Å². The van der Waals surface area contributed by atoms with Crippen molar-refractivity contribution in [2.75, 3.05) is 10.6 Å². The zero-order valence-corrected chi connectivity index (χ0v) is 12.2. The fourth-order valence-electron chi connectivity index (χ4n) is 2.04. The predicted molar refractivity (Wildman–Crippen MR) is 88.3 cm³/mol. The molecule has 0 unspecified atom stereocenters. The van der Waals surface area contributed by atoms with Crippen LogP contribution in [0.1, 0.15) is 10.4 Å². The SMILES string of the molecule is O=C(Nc1ccc(Nc2ccccc2)nc1)c1cccc(F)c1. The summed E-state index contributed by atoms with van der Waals surface area (Å²) in [6.07, 6.45) is 1.54. The molecular formula is C18H14FN3O. The van der Waals surface area contributed by atoms with E-state index in [0.717, 1.165) is 5.69 Å². The number of nitrogens with one attached hydrogen (secondary N) is 2. The van der Waals surface area contributed by atoms with Crippen molar-refractivity contribution in [1.29, 1.82) is 0 Å². The number of carbonyl (C=O) groups excluding carboxylic acids is 1. The number of amides is 1. The van der Waals surface area contributed by atoms with Crippen LogP contribution in [0, 0.1) is 5.82 Å². The van der Waals surface area contributed by atoms with E-state index in [1.165, 1.54) is 18.2 Å². The van der Waals surface area contributed by atoms with Crippen LogP contribution in [-0.4, -0.2) is 10.9 Å². The van der Waals surface area contributed by atoms with E-state index in [2.05, 4.69) is 15.6 Å². The number of carbonyl (C=O) groups is 1. The molecule has 0 spiro atoms. The lowest BCUT2D eigenvalue weighted by Gasteiger charge is -2.08. The number of hydrogen-bond acceptors (Lipinski definition) is 3. The number of benzene rings is 2. The van der Waals surface area contributed by atoms with E-state index in [1.807, 2.05) is 30.3 Å². The first-order valence-corrected chi connectivity index (χ1v) is 7.06. The summed E-state index contributed by atoms with van der Waals surface area (Å²) in [7, 11) is 0. The first-order chi connectivity index (χ1) is 11.2. The van der Waals surface area contributed by atoms with Gasteiger partial charge in [-0.3, -0.25) is 4.79 Å². The number of halogens is 1. The van der Waals surface area contributed by atoms with Crippen molar-refractivity contribution in [1.82, 2.24) is 4.98 Å². The maximum Gasteiger partial charge on any atom is 0.255 e. The molecule has 0 saturated carbocycles. The molecule has 0 fully saturated rings. The molecule has 0 radical (unpaired) electrons. The van der Waals surface area contributed by atoms with Gasteiger partial charge in [0.05, 0.1) is 11.9 Å². The Morgan fingerprint density at radius 3 is 2.43 bits per heavy atom. The number of nitrogens with zero attached hydrogens (tertiary/aromatic N) is 1. The van der Waals surface area contributed by atoms with Crippen LogP contribution in [0.25, 0.3) is 0 Å². The van der Waals surface area contributed by atoms with Gasteiger partial charge in [0.25, 0.3) is 5.91 Å². The Labute approximate surface area is 133 Å². The van der Waals surface area contributed by atoms with Gasteiger partial charge in [-0.2, -0.15) is 0 Å². The smallest absolute Gasteiger partial charge is 0.255 e. The second kappa shape index (κ2) is 6.70. The van der Waals surface area contributed by atoms with Crippen LogP contribution < -0.4 is 10.6 Å². The summed E-state index contributed by atoms with van der Waals surface area (Å²) in [6, 6.07) is 18.7. The fourth-order valence-corrected chi connectivity index (χ4v) is 2.04. The Balaban J connectivity index is 1.67. The van der Waals surface area contributed by atoms with E-state index in [4.69, 9.17) is 0 Å². The van der Waals surface area contributed by atoms with Gasteiger partial charge in [0, 0.05) is 11.3 Å². The summed E-state index contributed by atoms with van der Waals surface area (Å²) in [5.74, 6) is -0.159. The zero-order chi connectivity index (χ0) is 16.1. The first kappa shape index (κ1) is 14.7. The lowest BCUT2D eigenvalue weighted by Crippen LogP contribution is -2.12. The summed E-state index contributed by atoms with van der Waals surface area (Å²) >= 11 is 0. The van der Waals surface area contributed by atoms with E-state index in [0.29, 0.717) is 11.5 Å². The molecule has 23 heavy (non-hydrogen) atoms. The normalized spacial score (nSPS) is 10.1. The van der Waals surface area contributed by atoms with Crippen molar-refractivity contribution < 1.29 is 9.18 Å². The minimum Gasteiger partial charge on any atom is -0.340 e. The Morgan fingerprint density at radius 2 is 1.74 bits per heavy atom. The minimum atomic E-state index is -0.446. The molecule has 114 valence electrons. The monoisotopic (exact) mass is 307 g/mol. The predicted octanol–water partition coefficient (Wildman–Crippen LogP) is 4.22. The van der Waals surface area contributed by atoms with Crippen molar-refractivity contribution in [2.24, 2.45) is 0 Å². The van der Waals surface area contributed by atoms with Crippen LogP contribution >= 0.6 is 0 Å². The minimum absolute atomic E-state index is 0.261. The molecule has 0 aliphatic heterocycles. The molecule has 0 aliphatic carbocycles. The average molecular weight is 307 g/mol. The van der Waals surface area contributed by atoms with Crippen molar-refractivity contribution in [3.05, 3.63) is 84.3 Å². The number of anilines is 3. The summed E-state index contributed by atoms with van der Waals surface area (Å²) < 4.78 is 13.1. The van der Waals surface area contributed by atoms with Crippen molar-refractivity contribution in [2.45, 2.75) is 0 Å². The third kappa shape index (κ3) is 3.91. The Morgan fingerprint density at radius 1 is 0.913 bits per heavy atom. The molecule has 0 bridgehead atoms. The fraction of sp³-hybridized carbons (Fsp3) is 0. The van der Waals surface area contributed by atoms with Crippen LogP contribution in [-0.2, 0) is 0 Å². The first-order valence-electron chi connectivity index (χ1n) is 7.06. The average Bonchev–Trinajstić information content (AvgIpc) is 2.57. The van der Waals surface area contributed by atoms with Crippen molar-refractivity contribution in [3.63, 3.8) is 0 Å². The Kier molecular flexibility index (Phi) is 4.29. The number of rotatable bonds is 4. The highest BCUT2D eigenvalue weighted by Crippen LogP contribution is 2.16. The van der Waals surface area contributed by atoms with E-state index < -0.39 is 5.82 Å². The van der Waals surface area contributed by atoms with Gasteiger partial charge in [0.15, 0.2) is 0 Å². The topological polar surface area (TPSA) is 54.0 Å². The van der Waals surface area contributed by atoms with Gasteiger partial charge in [-0.05, 0) is 42.5 Å². The molecule has 0 aliphatic rings. The quantitative estimate of drug-likeness (QED) is 0.759. The second-order valence-electron chi connectivity index (χ2n) is 4.89. The molecule has 0 atom stereocenters. The maximum absolute atomic E-state index is 13.1. The molecule has 1 aromatic heterocycles. The molecule has 2 N–H and O–H groups in total. The van der Waals surface area contributed by atoms with Gasteiger partial charge in [-0.25, -0.2) is 9.37 Å². The summed E-state index contributed by atoms with van der Waals surface area (Å²) in [5.41, 5.74) is 1.73. The lowest BCUT2D eigenvalue weighted by molar-refractivity contribution is 0.102. The van der Waals surface area contributed by atoms with Crippen LogP contribution in [0.3, 0.4) is 0 Å². The summed E-state index contributed by atoms with van der Waals surface area (Å²) in [4.78, 5) is 16.3. The Bertz CT molecular complexity index is 804. The summed E-state index contributed by atoms with van der Waals surface area (Å²) in [6.45, 7) is 0. The van der Waals surface area contributed by atoms with Gasteiger partial charge < -0.3 is 10.6 Å². The van der Waals surface area contributed by atoms with E-state index in [9.17, 15) is 9.18 Å². The van der Waals surface area contributed by atoms with Gasteiger partial charge in [0.2, 0.25) is 0 Å². The molecule has 4 nitrogen and oxygen atoms in total. The lowest BCUT2D eigenvalue weighted by atomic mass is 10.2. The standard InChI is InChI=1S/C18H14FN3O/c19-14-6-4-5-13(11-14)18(23)22-16-9-10-17(20-12-16)21-15-7-2-1-3-8-15/h1-12H,(H,20,21)(H,22,23). The maximum atomic E-state index is 13.1. The molecule has 3 aromatic rings. The second-order valence-corrected chi connectivity index (χ2v) is 4.89. The highest BCUT2D eigenvalue weighted by molar-refractivity contribution is 6.04. The number of hydrogen-bond donors (Lipinski definition) is 2. The number of pyridine rings is 1. The zero-order valence-electron chi connectivity index (χ0n) is 12.2. The highest BCUT2D eigenvalue weighted by atomic mass is 19.1. The molecule has 5 heteroatoms. The van der Waals surface area contributed by atoms with Gasteiger partial charge in [0.1, 0.15) is 11.6 Å². The van der Waals surface area contributed by atoms with E-state index in [-0.39, 0.29) is 11.5 Å². The largest absolute Gasteiger partial charge is 0.340 e. The van der Waals surface area contributed by atoms with E-state index >= 15 is 0 Å². The number of aromatic nitrogens is 1. The molecule has 3 rings (SSSR count). The summed E-state index contributed by atoms with van der Waals surface area (Å²) in [5, 5.41) is 5.83. The number of para-hydroxylation sites is 1. The highest BCUT2D eigenvalue weighted by Gasteiger charge is 2.07.